The third-order valence-electron chi connectivity index (χ3n) is 4.10. The number of hydrogen-bond acceptors (Lipinski definition) is 7. The van der Waals surface area contributed by atoms with Gasteiger partial charge < -0.3 is 9.88 Å². The smallest absolute Gasteiger partial charge is 0.230 e. The Hall–Kier alpha value is -1.61. The second-order valence-corrected chi connectivity index (χ2v) is 7.85. The van der Waals surface area contributed by atoms with Crippen LogP contribution in [0.5, 0.6) is 0 Å². The molecule has 0 aliphatic heterocycles. The Balaban J connectivity index is 1.46. The van der Waals surface area contributed by atoms with Crippen molar-refractivity contribution in [2.45, 2.75) is 54.2 Å². The molecule has 1 N–H and O–H groups in total. The van der Waals surface area contributed by atoms with Gasteiger partial charge >= 0.3 is 0 Å². The van der Waals surface area contributed by atoms with E-state index in [0.29, 0.717) is 22.7 Å². The molecule has 0 atom stereocenters. The molecule has 7 nitrogen and oxygen atoms in total. The maximum Gasteiger partial charge on any atom is 0.230 e. The number of thioether (sulfide) groups is 2. The van der Waals surface area contributed by atoms with Crippen LogP contribution in [0.4, 0.5) is 0 Å². The average Bonchev–Trinajstić information content (AvgIpc) is 3.00. The van der Waals surface area contributed by atoms with Crippen molar-refractivity contribution >= 4 is 29.4 Å². The maximum atomic E-state index is 12.1. The number of rotatable bonds is 7. The van der Waals surface area contributed by atoms with E-state index < -0.39 is 0 Å². The number of hydrogen-bond donors (Lipinski definition) is 1. The van der Waals surface area contributed by atoms with Crippen LogP contribution < -0.4 is 5.32 Å². The van der Waals surface area contributed by atoms with Crippen molar-refractivity contribution < 1.29 is 4.79 Å². The van der Waals surface area contributed by atoms with Crippen LogP contribution in [0.3, 0.4) is 0 Å². The van der Waals surface area contributed by atoms with Crippen LogP contribution in [0.25, 0.3) is 0 Å². The van der Waals surface area contributed by atoms with Gasteiger partial charge in [-0.05, 0) is 18.9 Å². The first-order valence-electron chi connectivity index (χ1n) is 8.42. The Morgan fingerprint density at radius 3 is 2.72 bits per heavy atom. The van der Waals surface area contributed by atoms with Gasteiger partial charge in [0, 0.05) is 25.5 Å². The highest BCUT2D eigenvalue weighted by Crippen LogP contribution is 2.21. The van der Waals surface area contributed by atoms with E-state index >= 15 is 0 Å². The summed E-state index contributed by atoms with van der Waals surface area (Å²) in [6.07, 6.45) is 9.36. The quantitative estimate of drug-likeness (QED) is 0.585. The van der Waals surface area contributed by atoms with Crippen LogP contribution in [0.15, 0.2) is 28.8 Å². The average molecular weight is 379 g/mol. The highest BCUT2D eigenvalue weighted by molar-refractivity contribution is 7.99. The van der Waals surface area contributed by atoms with E-state index in [1.165, 1.54) is 42.8 Å². The molecule has 0 saturated heterocycles. The van der Waals surface area contributed by atoms with Crippen LogP contribution >= 0.6 is 23.5 Å². The molecule has 1 saturated carbocycles. The second kappa shape index (κ2) is 9.19. The normalized spacial score (nSPS) is 15.2. The molecule has 2 aromatic heterocycles. The van der Waals surface area contributed by atoms with Crippen LogP contribution in [-0.2, 0) is 17.6 Å². The van der Waals surface area contributed by atoms with Gasteiger partial charge in [0.1, 0.15) is 5.82 Å². The summed E-state index contributed by atoms with van der Waals surface area (Å²) in [4.78, 5) is 20.5. The Morgan fingerprint density at radius 1 is 1.20 bits per heavy atom. The van der Waals surface area contributed by atoms with Gasteiger partial charge in [-0.15, -0.1) is 10.2 Å². The topological polar surface area (TPSA) is 85.6 Å². The largest absolute Gasteiger partial charge is 0.353 e. The third kappa shape index (κ3) is 5.43. The summed E-state index contributed by atoms with van der Waals surface area (Å²) < 4.78 is 1.93. The van der Waals surface area contributed by atoms with Gasteiger partial charge in [-0.3, -0.25) is 4.79 Å². The van der Waals surface area contributed by atoms with Crippen LogP contribution in [0, 0.1) is 0 Å². The van der Waals surface area contributed by atoms with E-state index in [-0.39, 0.29) is 5.91 Å². The minimum atomic E-state index is 0.0773. The Bertz CT molecular complexity index is 687. The summed E-state index contributed by atoms with van der Waals surface area (Å²) >= 11 is 2.94. The fourth-order valence-electron chi connectivity index (χ4n) is 2.73. The SMILES string of the molecule is Cn1c(CSc2ncccn2)nnc1SCC(=O)NC1CCCCC1. The zero-order valence-corrected chi connectivity index (χ0v) is 15.9. The lowest BCUT2D eigenvalue weighted by molar-refractivity contribution is -0.119. The van der Waals surface area contributed by atoms with Crippen molar-refractivity contribution in [3.05, 3.63) is 24.3 Å². The molecule has 1 aliphatic carbocycles. The van der Waals surface area contributed by atoms with Gasteiger partial charge in [0.05, 0.1) is 11.5 Å². The number of carbonyl (C=O) groups excluding carboxylic acids is 1. The predicted molar refractivity (Wildman–Crippen MR) is 98.3 cm³/mol. The molecule has 2 aromatic rings. The van der Waals surface area contributed by atoms with Crippen molar-refractivity contribution in [2.75, 3.05) is 5.75 Å². The monoisotopic (exact) mass is 378 g/mol. The highest BCUT2D eigenvalue weighted by atomic mass is 32.2. The van der Waals surface area contributed by atoms with Gasteiger partial charge in [0.15, 0.2) is 10.3 Å². The van der Waals surface area contributed by atoms with Gasteiger partial charge in [0.2, 0.25) is 5.91 Å². The summed E-state index contributed by atoms with van der Waals surface area (Å²) in [5.74, 6) is 1.93. The summed E-state index contributed by atoms with van der Waals surface area (Å²) in [6, 6.07) is 2.14. The van der Waals surface area contributed by atoms with E-state index in [1.54, 1.807) is 18.5 Å². The molecule has 2 heterocycles. The van der Waals surface area contributed by atoms with Gasteiger partial charge in [0.25, 0.3) is 0 Å². The first-order valence-corrected chi connectivity index (χ1v) is 10.4. The van der Waals surface area contributed by atoms with Gasteiger partial charge in [-0.1, -0.05) is 42.8 Å². The lowest BCUT2D eigenvalue weighted by Gasteiger charge is -2.22. The molecule has 1 aliphatic rings. The lowest BCUT2D eigenvalue weighted by atomic mass is 9.95. The molecule has 3 rings (SSSR count). The molecule has 0 bridgehead atoms. The van der Waals surface area contributed by atoms with E-state index in [9.17, 15) is 4.79 Å². The number of aromatic nitrogens is 5. The Kier molecular flexibility index (Phi) is 6.69. The molecular formula is C16H22N6OS2. The van der Waals surface area contributed by atoms with E-state index in [0.717, 1.165) is 23.8 Å². The van der Waals surface area contributed by atoms with Crippen LogP contribution in [-0.4, -0.2) is 42.4 Å². The maximum absolute atomic E-state index is 12.1. The van der Waals surface area contributed by atoms with Gasteiger partial charge in [-0.2, -0.15) is 0 Å². The predicted octanol–water partition coefficient (Wildman–Crippen LogP) is 2.44. The third-order valence-corrected chi connectivity index (χ3v) is 5.99. The molecule has 0 spiro atoms. The summed E-state index contributed by atoms with van der Waals surface area (Å²) in [6.45, 7) is 0. The first kappa shape index (κ1) is 18.2. The molecular weight excluding hydrogens is 356 g/mol. The molecule has 0 unspecified atom stereocenters. The summed E-state index contributed by atoms with van der Waals surface area (Å²) in [7, 11) is 1.92. The van der Waals surface area contributed by atoms with E-state index in [2.05, 4.69) is 25.5 Å². The zero-order valence-electron chi connectivity index (χ0n) is 14.2. The Morgan fingerprint density at radius 2 is 1.96 bits per heavy atom. The minimum absolute atomic E-state index is 0.0773. The molecule has 0 aromatic carbocycles. The Labute approximate surface area is 155 Å². The summed E-state index contributed by atoms with van der Waals surface area (Å²) in [5, 5.41) is 13.0. The van der Waals surface area contributed by atoms with Crippen molar-refractivity contribution in [1.82, 2.24) is 30.0 Å². The highest BCUT2D eigenvalue weighted by Gasteiger charge is 2.17. The second-order valence-electron chi connectivity index (χ2n) is 5.97. The summed E-state index contributed by atoms with van der Waals surface area (Å²) in [5.41, 5.74) is 0. The molecule has 1 amide bonds. The minimum Gasteiger partial charge on any atom is -0.353 e. The lowest BCUT2D eigenvalue weighted by Crippen LogP contribution is -2.37. The van der Waals surface area contributed by atoms with Crippen molar-refractivity contribution in [3.8, 4) is 0 Å². The standard InChI is InChI=1S/C16H22N6OS2/c1-22-13(10-24-15-17-8-5-9-18-15)20-21-16(22)25-11-14(23)19-12-6-3-2-4-7-12/h5,8-9,12H,2-4,6-7,10-11H2,1H3,(H,19,23). The van der Waals surface area contributed by atoms with Crippen molar-refractivity contribution in [2.24, 2.45) is 7.05 Å². The van der Waals surface area contributed by atoms with Crippen molar-refractivity contribution in [1.29, 1.82) is 0 Å². The fraction of sp³-hybridized carbons (Fsp3) is 0.562. The number of nitrogens with zero attached hydrogens (tertiary/aromatic N) is 5. The molecule has 25 heavy (non-hydrogen) atoms. The van der Waals surface area contributed by atoms with Crippen molar-refractivity contribution in [3.63, 3.8) is 0 Å². The molecule has 134 valence electrons. The number of nitrogens with one attached hydrogen (secondary N) is 1. The van der Waals surface area contributed by atoms with Crippen LogP contribution in [0.2, 0.25) is 0 Å². The molecule has 0 radical (unpaired) electrons. The van der Waals surface area contributed by atoms with Gasteiger partial charge in [-0.25, -0.2) is 9.97 Å². The van der Waals surface area contributed by atoms with E-state index in [4.69, 9.17) is 0 Å². The van der Waals surface area contributed by atoms with Crippen LogP contribution in [0.1, 0.15) is 37.9 Å². The number of carbonyl (C=O) groups is 1. The first-order chi connectivity index (χ1) is 12.2. The number of amides is 1. The molecule has 9 heteroatoms. The van der Waals surface area contributed by atoms with E-state index in [1.807, 2.05) is 11.6 Å². The zero-order chi connectivity index (χ0) is 17.5. The molecule has 1 fully saturated rings. The fourth-order valence-corrected chi connectivity index (χ4v) is 4.25.